The van der Waals surface area contributed by atoms with Gasteiger partial charge in [-0.25, -0.2) is 9.69 Å². The fraction of sp³-hybridized carbons (Fsp3) is 0.0909. The van der Waals surface area contributed by atoms with Gasteiger partial charge in [0.05, 0.1) is 30.7 Å². The Labute approximate surface area is 181 Å². The van der Waals surface area contributed by atoms with Crippen molar-refractivity contribution < 1.29 is 0 Å². The highest BCUT2D eigenvalue weighted by Crippen LogP contribution is 2.21. The van der Waals surface area contributed by atoms with Crippen molar-refractivity contribution in [1.82, 2.24) is 9.97 Å². The van der Waals surface area contributed by atoms with Crippen LogP contribution in [0, 0.1) is 13.1 Å². The van der Waals surface area contributed by atoms with Gasteiger partial charge in [0.2, 0.25) is 11.4 Å². The Bertz CT molecular complexity index is 1350. The number of rotatable bonds is 3. The summed E-state index contributed by atoms with van der Waals surface area (Å²) >= 11 is 3.40. The largest absolute Gasteiger partial charge is 0.268 e. The third-order valence-corrected chi connectivity index (χ3v) is 4.84. The smallest absolute Gasteiger partial charge is 0.205 e. The topological polar surface area (TPSA) is 83.3 Å². The molecule has 144 valence electrons. The summed E-state index contributed by atoms with van der Waals surface area (Å²) in [6, 6.07) is 15.3. The fourth-order valence-corrected chi connectivity index (χ4v) is 3.08. The van der Waals surface area contributed by atoms with Crippen molar-refractivity contribution in [1.29, 1.82) is 0 Å². The molecule has 2 aromatic heterocycles. The van der Waals surface area contributed by atoms with E-state index in [9.17, 15) is 0 Å². The molecule has 0 spiro atoms. The molecular weight excluding hydrogens is 442 g/mol. The Morgan fingerprint density at radius 3 is 1.87 bits per heavy atom. The van der Waals surface area contributed by atoms with Crippen LogP contribution < -0.4 is 0 Å². The maximum Gasteiger partial charge on any atom is 0.205 e. The third kappa shape index (κ3) is 5.09. The maximum absolute atomic E-state index is 8.22. The van der Waals surface area contributed by atoms with Gasteiger partial charge in [-0.1, -0.05) is 45.3 Å². The summed E-state index contributed by atoms with van der Waals surface area (Å²) in [6.45, 7) is 14.1. The molecule has 4 aromatic rings. The molecule has 0 aliphatic carbocycles. The number of benzene rings is 2. The van der Waals surface area contributed by atoms with Crippen LogP contribution in [0.4, 0.5) is 11.4 Å². The second-order valence-corrected chi connectivity index (χ2v) is 6.75. The first-order chi connectivity index (χ1) is 14.7. The van der Waals surface area contributed by atoms with Crippen LogP contribution in [0.25, 0.3) is 41.9 Å². The summed E-state index contributed by atoms with van der Waals surface area (Å²) < 4.78 is 0. The lowest BCUT2D eigenvalue weighted by molar-refractivity contribution is 1.05. The molecule has 0 fully saturated rings. The third-order valence-electron chi connectivity index (χ3n) is 4.20. The van der Waals surface area contributed by atoms with E-state index >= 15 is 0 Å². The average molecular weight is 456 g/mol. The minimum absolute atomic E-state index is 0.318. The zero-order valence-electron chi connectivity index (χ0n) is 15.7. The number of hydrogen-bond donors (Lipinski definition) is 0. The monoisotopic (exact) mass is 455 g/mol. The summed E-state index contributed by atoms with van der Waals surface area (Å²) in [5.74, 6) is 0. The Hall–Kier alpha value is -3.97. The molecule has 30 heavy (non-hydrogen) atoms. The molecule has 0 N–H and O–H groups in total. The zero-order valence-corrected chi connectivity index (χ0v) is 17.3. The van der Waals surface area contributed by atoms with Crippen LogP contribution in [0.15, 0.2) is 66.0 Å². The predicted octanol–water partition coefficient (Wildman–Crippen LogP) is 7.28. The van der Waals surface area contributed by atoms with E-state index in [0.29, 0.717) is 17.9 Å². The van der Waals surface area contributed by atoms with Gasteiger partial charge in [-0.2, -0.15) is 0 Å². The molecule has 0 saturated carbocycles. The molecular formula is C22H14BrN7. The van der Waals surface area contributed by atoms with Gasteiger partial charge in [-0.15, -0.1) is 0 Å². The molecule has 0 aliphatic heterocycles. The van der Waals surface area contributed by atoms with Crippen LogP contribution in [0.5, 0.6) is 0 Å². The molecule has 0 unspecified atom stereocenters. The summed E-state index contributed by atoms with van der Waals surface area (Å²) in [5, 5.41) is 6.25. The molecule has 4 rings (SSSR count). The van der Waals surface area contributed by atoms with Gasteiger partial charge in [0.25, 0.3) is 0 Å². The van der Waals surface area contributed by atoms with Crippen LogP contribution in [0.3, 0.4) is 0 Å². The lowest BCUT2D eigenvalue weighted by atomic mass is 10.1. The van der Waals surface area contributed by atoms with Crippen molar-refractivity contribution in [3.05, 3.63) is 105 Å². The van der Waals surface area contributed by atoms with E-state index < -0.39 is 0 Å². The Kier molecular flexibility index (Phi) is 6.91. The number of fused-ring (bicyclic) bond motifs is 2. The van der Waals surface area contributed by atoms with Crippen molar-refractivity contribution in [2.45, 2.75) is 11.9 Å². The molecule has 2 heterocycles. The number of alkyl halides is 1. The summed E-state index contributed by atoms with van der Waals surface area (Å²) in [4.78, 5) is 17.8. The van der Waals surface area contributed by atoms with Gasteiger partial charge in [-0.05, 0) is 51.7 Å². The van der Waals surface area contributed by atoms with Gasteiger partial charge in [-0.3, -0.25) is 9.97 Å². The van der Waals surface area contributed by atoms with Crippen molar-refractivity contribution in [2.24, 2.45) is 5.11 Å². The average Bonchev–Trinajstić information content (AvgIpc) is 2.81. The van der Waals surface area contributed by atoms with Gasteiger partial charge in [0.1, 0.15) is 0 Å². The molecule has 0 atom stereocenters. The first kappa shape index (κ1) is 20.8. The minimum Gasteiger partial charge on any atom is -0.268 e. The first-order valence-electron chi connectivity index (χ1n) is 8.76. The van der Waals surface area contributed by atoms with Gasteiger partial charge in [0, 0.05) is 22.6 Å². The number of hydrogen-bond acceptors (Lipinski definition) is 3. The summed E-state index contributed by atoms with van der Waals surface area (Å²) in [7, 11) is 0. The number of aromatic nitrogens is 2. The number of nitrogens with zero attached hydrogens (tertiary/aromatic N) is 7. The van der Waals surface area contributed by atoms with E-state index in [1.165, 1.54) is 11.8 Å². The van der Waals surface area contributed by atoms with Gasteiger partial charge < -0.3 is 0 Å². The minimum atomic E-state index is 0.318. The lowest BCUT2D eigenvalue weighted by Gasteiger charge is -2.00. The standard InChI is InChI=1S/C11H7BrN2.C11H7N5/c1-13-10-5-9-3-2-8(6-12)4-11(9)14-7-10;1-13-10-5-9-3-2-8(6-15-16-12)4-11(9)14-7-10/h2-5,7H,6H2;2-5,7H,6H2. The second-order valence-electron chi connectivity index (χ2n) is 6.19. The Morgan fingerprint density at radius 1 is 0.833 bits per heavy atom. The molecule has 0 saturated heterocycles. The predicted molar refractivity (Wildman–Crippen MR) is 121 cm³/mol. The van der Waals surface area contributed by atoms with Crippen molar-refractivity contribution >= 4 is 49.1 Å². The lowest BCUT2D eigenvalue weighted by Crippen LogP contribution is -1.83. The Morgan fingerprint density at radius 2 is 1.37 bits per heavy atom. The van der Waals surface area contributed by atoms with Gasteiger partial charge >= 0.3 is 0 Å². The second kappa shape index (κ2) is 9.99. The van der Waals surface area contributed by atoms with Crippen molar-refractivity contribution in [3.63, 3.8) is 0 Å². The summed E-state index contributed by atoms with van der Waals surface area (Å²) in [6.07, 6.45) is 3.14. The van der Waals surface area contributed by atoms with Gasteiger partial charge in [0.15, 0.2) is 0 Å². The van der Waals surface area contributed by atoms with E-state index in [1.54, 1.807) is 12.3 Å². The zero-order chi connectivity index (χ0) is 21.3. The Balaban J connectivity index is 0.000000172. The highest BCUT2D eigenvalue weighted by atomic mass is 79.9. The van der Waals surface area contributed by atoms with Crippen LogP contribution in [-0.4, -0.2) is 9.97 Å². The normalized spacial score (nSPS) is 9.70. The quantitative estimate of drug-likeness (QED) is 0.107. The maximum atomic E-state index is 8.22. The number of pyridine rings is 2. The number of azide groups is 1. The van der Waals surface area contributed by atoms with E-state index in [2.05, 4.69) is 45.6 Å². The van der Waals surface area contributed by atoms with Crippen LogP contribution in [0.2, 0.25) is 0 Å². The van der Waals surface area contributed by atoms with E-state index in [4.69, 9.17) is 18.7 Å². The fourth-order valence-electron chi connectivity index (χ4n) is 2.73. The van der Waals surface area contributed by atoms with Crippen LogP contribution >= 0.6 is 15.9 Å². The summed E-state index contributed by atoms with van der Waals surface area (Å²) in [5.41, 5.74) is 13.2. The highest BCUT2D eigenvalue weighted by molar-refractivity contribution is 9.08. The molecule has 7 nitrogen and oxygen atoms in total. The van der Waals surface area contributed by atoms with E-state index in [-0.39, 0.29) is 0 Å². The highest BCUT2D eigenvalue weighted by Gasteiger charge is 1.99. The van der Waals surface area contributed by atoms with Crippen molar-refractivity contribution in [2.75, 3.05) is 0 Å². The number of halogens is 1. The van der Waals surface area contributed by atoms with Crippen LogP contribution in [0.1, 0.15) is 11.1 Å². The molecule has 0 bridgehead atoms. The molecule has 8 heteroatoms. The van der Waals surface area contributed by atoms with E-state index in [1.807, 2.05) is 42.5 Å². The SMILES string of the molecule is [C-]#[N+]c1cnc2cc(CBr)ccc2c1.[C-]#[N+]c1cnc2cc(CN=[N+]=[N-])ccc2c1. The van der Waals surface area contributed by atoms with Crippen molar-refractivity contribution in [3.8, 4) is 0 Å². The molecule has 0 radical (unpaired) electrons. The van der Waals surface area contributed by atoms with Crippen LogP contribution in [-0.2, 0) is 11.9 Å². The molecule has 0 amide bonds. The first-order valence-corrected chi connectivity index (χ1v) is 9.88. The van der Waals surface area contributed by atoms with E-state index in [0.717, 1.165) is 32.7 Å². The molecule has 0 aliphatic rings. The molecule has 2 aromatic carbocycles.